The number of carbonyl (C=O) groups excluding carboxylic acids is 2. The maximum atomic E-state index is 12.1. The molecule has 0 aliphatic carbocycles. The molecule has 0 saturated carbocycles. The van der Waals surface area contributed by atoms with Crippen molar-refractivity contribution in [3.05, 3.63) is 35.9 Å². The Labute approximate surface area is 141 Å². The maximum absolute atomic E-state index is 12.1. The first-order chi connectivity index (χ1) is 11.6. The molecular weight excluding hydrogens is 308 g/mol. The van der Waals surface area contributed by atoms with Crippen LogP contribution in [0.3, 0.4) is 0 Å². The lowest BCUT2D eigenvalue weighted by Crippen LogP contribution is -2.33. The summed E-state index contributed by atoms with van der Waals surface area (Å²) in [4.78, 5) is 36.3. The van der Waals surface area contributed by atoms with Gasteiger partial charge >= 0.3 is 5.97 Å². The average Bonchev–Trinajstić information content (AvgIpc) is 2.92. The van der Waals surface area contributed by atoms with Gasteiger partial charge in [-0.1, -0.05) is 36.8 Å². The molecule has 6 nitrogen and oxygen atoms in total. The molecule has 1 aliphatic heterocycles. The Bertz CT molecular complexity index is 574. The Morgan fingerprint density at radius 1 is 1.17 bits per heavy atom. The van der Waals surface area contributed by atoms with Gasteiger partial charge in [-0.3, -0.25) is 14.4 Å². The summed E-state index contributed by atoms with van der Waals surface area (Å²) in [6, 6.07) is 9.74. The minimum Gasteiger partial charge on any atom is -0.481 e. The van der Waals surface area contributed by atoms with Crippen LogP contribution < -0.4 is 5.32 Å². The van der Waals surface area contributed by atoms with E-state index in [1.165, 1.54) is 0 Å². The van der Waals surface area contributed by atoms with Crippen LogP contribution >= 0.6 is 0 Å². The number of benzene rings is 1. The third-order valence-electron chi connectivity index (χ3n) is 4.17. The normalized spacial score (nSPS) is 17.1. The van der Waals surface area contributed by atoms with Gasteiger partial charge in [-0.2, -0.15) is 0 Å². The van der Waals surface area contributed by atoms with E-state index in [-0.39, 0.29) is 30.6 Å². The van der Waals surface area contributed by atoms with Gasteiger partial charge in [0.25, 0.3) is 0 Å². The van der Waals surface area contributed by atoms with E-state index in [9.17, 15) is 14.4 Å². The first-order valence-electron chi connectivity index (χ1n) is 8.37. The number of carboxylic acids is 1. The van der Waals surface area contributed by atoms with Gasteiger partial charge in [0.05, 0.1) is 5.92 Å². The van der Waals surface area contributed by atoms with Crippen LogP contribution in [0.4, 0.5) is 0 Å². The molecule has 0 spiro atoms. The number of hydrogen-bond acceptors (Lipinski definition) is 3. The fraction of sp³-hybridized carbons (Fsp3) is 0.500. The lowest BCUT2D eigenvalue weighted by atomic mass is 10.1. The Balaban J connectivity index is 1.68. The highest BCUT2D eigenvalue weighted by Gasteiger charge is 2.33. The number of nitrogens with one attached hydrogen (secondary N) is 1. The Morgan fingerprint density at radius 3 is 2.62 bits per heavy atom. The molecule has 24 heavy (non-hydrogen) atoms. The number of carbonyl (C=O) groups is 3. The third kappa shape index (κ3) is 5.68. The summed E-state index contributed by atoms with van der Waals surface area (Å²) < 4.78 is 0. The molecule has 0 radical (unpaired) electrons. The maximum Gasteiger partial charge on any atom is 0.303 e. The molecule has 1 aromatic rings. The van der Waals surface area contributed by atoms with Crippen molar-refractivity contribution in [2.45, 2.75) is 38.6 Å². The summed E-state index contributed by atoms with van der Waals surface area (Å²) in [7, 11) is 0. The first kappa shape index (κ1) is 18.0. The highest BCUT2D eigenvalue weighted by atomic mass is 16.4. The summed E-state index contributed by atoms with van der Waals surface area (Å²) in [6.07, 6.45) is 2.58. The highest BCUT2D eigenvalue weighted by molar-refractivity contribution is 5.89. The molecule has 130 valence electrons. The van der Waals surface area contributed by atoms with Crippen LogP contribution in [-0.2, 0) is 20.9 Å². The van der Waals surface area contributed by atoms with Crippen LogP contribution in [0.1, 0.15) is 37.7 Å². The van der Waals surface area contributed by atoms with Gasteiger partial charge in [0.15, 0.2) is 0 Å². The van der Waals surface area contributed by atoms with E-state index in [0.29, 0.717) is 26.1 Å². The topological polar surface area (TPSA) is 86.7 Å². The van der Waals surface area contributed by atoms with Crippen LogP contribution in [0.15, 0.2) is 30.3 Å². The van der Waals surface area contributed by atoms with Crippen molar-refractivity contribution >= 4 is 17.8 Å². The summed E-state index contributed by atoms with van der Waals surface area (Å²) >= 11 is 0. The average molecular weight is 332 g/mol. The van der Waals surface area contributed by atoms with E-state index in [1.54, 1.807) is 4.90 Å². The summed E-state index contributed by atoms with van der Waals surface area (Å²) in [5.41, 5.74) is 1.06. The highest BCUT2D eigenvalue weighted by Crippen LogP contribution is 2.20. The molecule has 6 heteroatoms. The van der Waals surface area contributed by atoms with Crippen molar-refractivity contribution in [2.24, 2.45) is 5.92 Å². The van der Waals surface area contributed by atoms with Gasteiger partial charge in [-0.25, -0.2) is 0 Å². The van der Waals surface area contributed by atoms with Crippen LogP contribution in [0, 0.1) is 5.92 Å². The minimum atomic E-state index is -0.790. The standard InChI is InChI=1S/C18H24N2O4/c21-16-11-15(13-20(16)12-14-7-3-1-4-8-14)18(24)19-10-6-2-5-9-17(22)23/h1,3-4,7-8,15H,2,5-6,9-13H2,(H,19,24)(H,22,23). The molecule has 2 N–H and O–H groups in total. The molecule has 1 atom stereocenters. The smallest absolute Gasteiger partial charge is 0.303 e. The monoisotopic (exact) mass is 332 g/mol. The number of aliphatic carboxylic acids is 1. The van der Waals surface area contributed by atoms with Gasteiger partial charge in [0.1, 0.15) is 0 Å². The third-order valence-corrected chi connectivity index (χ3v) is 4.17. The second kappa shape index (κ2) is 9.05. The second-order valence-corrected chi connectivity index (χ2v) is 6.16. The van der Waals surface area contributed by atoms with Gasteiger partial charge in [-0.05, 0) is 18.4 Å². The van der Waals surface area contributed by atoms with Gasteiger partial charge in [0.2, 0.25) is 11.8 Å². The number of likely N-dealkylation sites (tertiary alicyclic amines) is 1. The van der Waals surface area contributed by atoms with E-state index in [0.717, 1.165) is 18.4 Å². The largest absolute Gasteiger partial charge is 0.481 e. The number of rotatable bonds is 9. The van der Waals surface area contributed by atoms with Crippen molar-refractivity contribution in [3.63, 3.8) is 0 Å². The number of unbranched alkanes of at least 4 members (excludes halogenated alkanes) is 2. The molecule has 2 amide bonds. The van der Waals surface area contributed by atoms with Crippen molar-refractivity contribution in [2.75, 3.05) is 13.1 Å². The Kier molecular flexibility index (Phi) is 6.78. The van der Waals surface area contributed by atoms with Crippen LogP contribution in [0.25, 0.3) is 0 Å². The molecule has 1 heterocycles. The van der Waals surface area contributed by atoms with Crippen LogP contribution in [0.5, 0.6) is 0 Å². The lowest BCUT2D eigenvalue weighted by molar-refractivity contribution is -0.137. The molecule has 1 fully saturated rings. The fourth-order valence-electron chi connectivity index (χ4n) is 2.84. The molecule has 0 bridgehead atoms. The fourth-order valence-corrected chi connectivity index (χ4v) is 2.84. The number of amides is 2. The zero-order valence-electron chi connectivity index (χ0n) is 13.7. The first-order valence-corrected chi connectivity index (χ1v) is 8.37. The van der Waals surface area contributed by atoms with Crippen molar-refractivity contribution in [1.29, 1.82) is 0 Å². The molecule has 1 unspecified atom stereocenters. The van der Waals surface area contributed by atoms with Crippen LogP contribution in [0.2, 0.25) is 0 Å². The van der Waals surface area contributed by atoms with Crippen molar-refractivity contribution in [1.82, 2.24) is 10.2 Å². The number of nitrogens with zero attached hydrogens (tertiary/aromatic N) is 1. The zero-order valence-corrected chi connectivity index (χ0v) is 13.7. The molecule has 1 aliphatic rings. The number of hydrogen-bond donors (Lipinski definition) is 2. The van der Waals surface area contributed by atoms with Gasteiger partial charge in [-0.15, -0.1) is 0 Å². The predicted molar refractivity (Wildman–Crippen MR) is 89.1 cm³/mol. The zero-order chi connectivity index (χ0) is 17.4. The van der Waals surface area contributed by atoms with E-state index >= 15 is 0 Å². The van der Waals surface area contributed by atoms with Crippen LogP contribution in [-0.4, -0.2) is 40.9 Å². The minimum absolute atomic E-state index is 0.0143. The SMILES string of the molecule is O=C(O)CCCCCNC(=O)C1CC(=O)N(Cc2ccccc2)C1. The quantitative estimate of drug-likeness (QED) is 0.675. The molecule has 0 aromatic heterocycles. The van der Waals surface area contributed by atoms with E-state index in [1.807, 2.05) is 30.3 Å². The van der Waals surface area contributed by atoms with Gasteiger partial charge < -0.3 is 15.3 Å². The van der Waals surface area contributed by atoms with E-state index in [4.69, 9.17) is 5.11 Å². The summed E-state index contributed by atoms with van der Waals surface area (Å²) in [6.45, 7) is 1.53. The molecule has 1 aromatic carbocycles. The van der Waals surface area contributed by atoms with E-state index < -0.39 is 5.97 Å². The second-order valence-electron chi connectivity index (χ2n) is 6.16. The lowest BCUT2D eigenvalue weighted by Gasteiger charge is -2.16. The predicted octanol–water partition coefficient (Wildman–Crippen LogP) is 1.80. The summed E-state index contributed by atoms with van der Waals surface area (Å²) in [5.74, 6) is -1.15. The Hall–Kier alpha value is -2.37. The van der Waals surface area contributed by atoms with E-state index in [2.05, 4.69) is 5.32 Å². The molecule has 1 saturated heterocycles. The molecule has 2 rings (SSSR count). The van der Waals surface area contributed by atoms with Crippen molar-refractivity contribution in [3.8, 4) is 0 Å². The Morgan fingerprint density at radius 2 is 1.92 bits per heavy atom. The summed E-state index contributed by atoms with van der Waals surface area (Å²) in [5, 5.41) is 11.4. The van der Waals surface area contributed by atoms with Gasteiger partial charge in [0, 0.05) is 32.5 Å². The number of carboxylic acid groups (broad SMARTS) is 1. The van der Waals surface area contributed by atoms with Crippen molar-refractivity contribution < 1.29 is 19.5 Å². The molecular formula is C18H24N2O4.